The summed E-state index contributed by atoms with van der Waals surface area (Å²) in [5.74, 6) is -1.04. The molecule has 0 aliphatic carbocycles. The quantitative estimate of drug-likeness (QED) is 0.459. The standard InChI is InChI=1S/C29H24N4O4S/c1-20-12-14-23(15-13-20)32-29-27(35)37-19-28(29)24(16-17-38-28)31(22-10-6-3-7-11-22)33(29)25(30-32)26(34)36-18-21-8-4-2-5-9-21/h2-17,24H,18-19H2,1H3/t24-,28+,29-/m1/s1. The van der Waals surface area contributed by atoms with Gasteiger partial charge >= 0.3 is 11.9 Å². The number of hydrazone groups is 1. The number of thioether (sulfide) groups is 1. The van der Waals surface area contributed by atoms with Crippen LogP contribution >= 0.6 is 11.8 Å². The molecule has 7 rings (SSSR count). The van der Waals surface area contributed by atoms with Gasteiger partial charge in [-0.2, -0.15) is 0 Å². The van der Waals surface area contributed by atoms with Gasteiger partial charge in [-0.3, -0.25) is 5.01 Å². The fraction of sp³-hybridized carbons (Fsp3) is 0.207. The molecule has 2 spiro atoms. The number of carbonyl (C=O) groups is 2. The van der Waals surface area contributed by atoms with Crippen molar-refractivity contribution in [3.8, 4) is 0 Å². The highest BCUT2D eigenvalue weighted by Crippen LogP contribution is 2.63. The van der Waals surface area contributed by atoms with Gasteiger partial charge in [0.15, 0.2) is 0 Å². The Morgan fingerprint density at radius 3 is 2.47 bits per heavy atom. The number of anilines is 2. The molecule has 0 aromatic heterocycles. The zero-order chi connectivity index (χ0) is 25.9. The van der Waals surface area contributed by atoms with Crippen molar-refractivity contribution in [3.05, 3.63) is 108 Å². The lowest BCUT2D eigenvalue weighted by Gasteiger charge is -2.40. The Labute approximate surface area is 224 Å². The second kappa shape index (κ2) is 8.39. The molecule has 0 bridgehead atoms. The van der Waals surface area contributed by atoms with Crippen molar-refractivity contribution in [2.24, 2.45) is 5.10 Å². The highest BCUT2D eigenvalue weighted by molar-refractivity contribution is 8.04. The van der Waals surface area contributed by atoms with E-state index in [9.17, 15) is 9.59 Å². The molecule has 2 saturated heterocycles. The number of esters is 2. The van der Waals surface area contributed by atoms with Gasteiger partial charge in [0.25, 0.3) is 11.5 Å². The van der Waals surface area contributed by atoms with Gasteiger partial charge in [-0.1, -0.05) is 72.3 Å². The molecule has 0 saturated carbocycles. The Kier molecular flexibility index (Phi) is 5.06. The molecule has 9 heteroatoms. The molecule has 0 N–H and O–H groups in total. The maximum absolute atomic E-state index is 14.0. The van der Waals surface area contributed by atoms with Crippen LogP contribution in [0, 0.1) is 6.92 Å². The number of cyclic esters (lactones) is 1. The fourth-order valence-electron chi connectivity index (χ4n) is 5.76. The maximum Gasteiger partial charge on any atom is 0.378 e. The van der Waals surface area contributed by atoms with Gasteiger partial charge in [0.2, 0.25) is 0 Å². The smallest absolute Gasteiger partial charge is 0.378 e. The van der Waals surface area contributed by atoms with Crippen LogP contribution in [0.2, 0.25) is 0 Å². The minimum atomic E-state index is -1.42. The van der Waals surface area contributed by atoms with Crippen molar-refractivity contribution >= 4 is 40.9 Å². The van der Waals surface area contributed by atoms with Crippen LogP contribution in [-0.4, -0.2) is 45.8 Å². The van der Waals surface area contributed by atoms with Crippen LogP contribution in [0.3, 0.4) is 0 Å². The Balaban J connectivity index is 1.40. The Hall–Kier alpha value is -4.24. The zero-order valence-corrected chi connectivity index (χ0v) is 21.4. The molecule has 4 aliphatic rings. The van der Waals surface area contributed by atoms with Gasteiger partial charge < -0.3 is 9.47 Å². The van der Waals surface area contributed by atoms with E-state index in [-0.39, 0.29) is 25.1 Å². The highest BCUT2D eigenvalue weighted by Gasteiger charge is 2.83. The SMILES string of the molecule is Cc1ccc(N2N=C(C(=O)OCc3ccccc3)N3N(c4ccccc4)[C@@H]4C=CS[C@@]45COC(=O)[C@@]235)cc1. The molecule has 0 amide bonds. The van der Waals surface area contributed by atoms with Gasteiger partial charge in [0, 0.05) is 0 Å². The monoisotopic (exact) mass is 524 g/mol. The van der Waals surface area contributed by atoms with E-state index >= 15 is 0 Å². The Morgan fingerprint density at radius 1 is 1.03 bits per heavy atom. The lowest BCUT2D eigenvalue weighted by molar-refractivity contribution is -0.145. The predicted octanol–water partition coefficient (Wildman–Crippen LogP) is 4.23. The third-order valence-electron chi connectivity index (χ3n) is 7.49. The van der Waals surface area contributed by atoms with Crippen LogP contribution in [0.1, 0.15) is 11.1 Å². The van der Waals surface area contributed by atoms with Crippen molar-refractivity contribution in [2.45, 2.75) is 30.0 Å². The molecule has 4 aliphatic heterocycles. The van der Waals surface area contributed by atoms with E-state index in [1.807, 2.05) is 102 Å². The zero-order valence-electron chi connectivity index (χ0n) is 20.6. The highest BCUT2D eigenvalue weighted by atomic mass is 32.2. The molecule has 190 valence electrons. The number of hydrazine groups is 1. The molecular weight excluding hydrogens is 500 g/mol. The molecule has 3 atom stereocenters. The Bertz CT molecular complexity index is 1480. The van der Waals surface area contributed by atoms with Crippen LogP contribution in [0.15, 0.2) is 102 Å². The second-order valence-corrected chi connectivity index (χ2v) is 10.9. The molecule has 2 fully saturated rings. The maximum atomic E-state index is 14.0. The summed E-state index contributed by atoms with van der Waals surface area (Å²) in [5, 5.41) is 12.2. The molecule has 38 heavy (non-hydrogen) atoms. The van der Waals surface area contributed by atoms with Gasteiger partial charge in [-0.05, 0) is 42.2 Å². The number of rotatable bonds is 5. The van der Waals surface area contributed by atoms with E-state index in [1.165, 1.54) is 0 Å². The van der Waals surface area contributed by atoms with Crippen molar-refractivity contribution < 1.29 is 19.1 Å². The van der Waals surface area contributed by atoms with E-state index < -0.39 is 22.3 Å². The number of carbonyl (C=O) groups excluding carboxylic acids is 2. The lowest BCUT2D eigenvalue weighted by atomic mass is 9.88. The van der Waals surface area contributed by atoms with Crippen molar-refractivity contribution in [3.63, 3.8) is 0 Å². The topological polar surface area (TPSA) is 74.7 Å². The average molecular weight is 525 g/mol. The third-order valence-corrected chi connectivity index (χ3v) is 8.85. The van der Waals surface area contributed by atoms with Crippen molar-refractivity contribution in [1.29, 1.82) is 0 Å². The number of ether oxygens (including phenoxy) is 2. The van der Waals surface area contributed by atoms with Crippen molar-refractivity contribution in [2.75, 3.05) is 16.6 Å². The van der Waals surface area contributed by atoms with E-state index in [4.69, 9.17) is 14.6 Å². The minimum absolute atomic E-state index is 0.0342. The first-order chi connectivity index (χ1) is 18.6. The average Bonchev–Trinajstić information content (AvgIpc) is 3.66. The van der Waals surface area contributed by atoms with Crippen LogP contribution in [-0.2, 0) is 25.7 Å². The number of hydrogen-bond donors (Lipinski definition) is 0. The number of hydrogen-bond acceptors (Lipinski definition) is 9. The van der Waals surface area contributed by atoms with E-state index in [1.54, 1.807) is 21.8 Å². The summed E-state index contributed by atoms with van der Waals surface area (Å²) in [6.07, 6.45) is 2.07. The fourth-order valence-corrected chi connectivity index (χ4v) is 7.10. The summed E-state index contributed by atoms with van der Waals surface area (Å²) in [6, 6.07) is 26.7. The van der Waals surface area contributed by atoms with Crippen LogP contribution in [0.4, 0.5) is 11.4 Å². The van der Waals surface area contributed by atoms with Crippen LogP contribution in [0.25, 0.3) is 0 Å². The van der Waals surface area contributed by atoms with E-state index in [0.29, 0.717) is 5.69 Å². The molecule has 0 radical (unpaired) electrons. The van der Waals surface area contributed by atoms with Crippen LogP contribution in [0.5, 0.6) is 0 Å². The number of para-hydroxylation sites is 1. The number of amidine groups is 1. The van der Waals surface area contributed by atoms with Crippen molar-refractivity contribution in [1.82, 2.24) is 5.01 Å². The largest absolute Gasteiger partial charge is 0.461 e. The third kappa shape index (κ3) is 2.96. The molecule has 3 aromatic rings. The number of aryl methyl sites for hydroxylation is 1. The van der Waals surface area contributed by atoms with Gasteiger partial charge in [-0.25, -0.2) is 19.6 Å². The summed E-state index contributed by atoms with van der Waals surface area (Å²) < 4.78 is 10.8. The summed E-state index contributed by atoms with van der Waals surface area (Å²) in [4.78, 5) is 27.7. The minimum Gasteiger partial charge on any atom is -0.461 e. The molecule has 0 unspecified atom stereocenters. The van der Waals surface area contributed by atoms with Gasteiger partial charge in [-0.15, -0.1) is 16.9 Å². The molecule has 3 aromatic carbocycles. The molecule has 4 heterocycles. The number of benzene rings is 3. The van der Waals surface area contributed by atoms with E-state index in [0.717, 1.165) is 16.8 Å². The normalized spacial score (nSPS) is 26.7. The molecule has 8 nitrogen and oxygen atoms in total. The lowest BCUT2D eigenvalue weighted by Crippen LogP contribution is -2.67. The van der Waals surface area contributed by atoms with E-state index in [2.05, 4.69) is 6.08 Å². The number of nitrogens with zero attached hydrogens (tertiary/aromatic N) is 4. The van der Waals surface area contributed by atoms with Gasteiger partial charge in [0.05, 0.1) is 17.4 Å². The Morgan fingerprint density at radius 2 is 1.74 bits per heavy atom. The first kappa shape index (κ1) is 22.9. The van der Waals surface area contributed by atoms with Gasteiger partial charge in [0.1, 0.15) is 18.0 Å². The molecular formula is C29H24N4O4S. The summed E-state index contributed by atoms with van der Waals surface area (Å²) >= 11 is 1.55. The summed E-state index contributed by atoms with van der Waals surface area (Å²) in [7, 11) is 0. The predicted molar refractivity (Wildman–Crippen MR) is 145 cm³/mol. The summed E-state index contributed by atoms with van der Waals surface area (Å²) in [6.45, 7) is 2.26. The van der Waals surface area contributed by atoms with Crippen LogP contribution < -0.4 is 10.0 Å². The first-order valence-electron chi connectivity index (χ1n) is 12.4. The first-order valence-corrected chi connectivity index (χ1v) is 13.3. The second-order valence-electron chi connectivity index (χ2n) is 9.65. The summed E-state index contributed by atoms with van der Waals surface area (Å²) in [5.41, 5.74) is 2.03.